The van der Waals surface area contributed by atoms with Gasteiger partial charge >= 0.3 is 0 Å². The predicted octanol–water partition coefficient (Wildman–Crippen LogP) is 1.23. The van der Waals surface area contributed by atoms with Gasteiger partial charge in [0.25, 0.3) is 0 Å². The van der Waals surface area contributed by atoms with Gasteiger partial charge in [0.05, 0.1) is 6.20 Å². The number of anilines is 2. The molecule has 0 unspecified atom stereocenters. The molecule has 0 saturated carbocycles. The first-order chi connectivity index (χ1) is 9.02. The lowest BCUT2D eigenvalue weighted by atomic mass is 10.2. The van der Waals surface area contributed by atoms with E-state index in [0.717, 1.165) is 6.20 Å². The number of halogens is 1. The number of carbonyl (C=O) groups is 1. The lowest BCUT2D eigenvalue weighted by Crippen LogP contribution is -2.28. The van der Waals surface area contributed by atoms with E-state index >= 15 is 0 Å². The lowest BCUT2D eigenvalue weighted by Gasteiger charge is -2.09. The van der Waals surface area contributed by atoms with E-state index in [-0.39, 0.29) is 18.1 Å². The van der Waals surface area contributed by atoms with E-state index in [0.29, 0.717) is 25.0 Å². The van der Waals surface area contributed by atoms with Crippen molar-refractivity contribution in [2.75, 3.05) is 30.8 Å². The zero-order valence-corrected chi connectivity index (χ0v) is 11.5. The third-order valence-corrected chi connectivity index (χ3v) is 2.32. The van der Waals surface area contributed by atoms with Crippen molar-refractivity contribution in [2.24, 2.45) is 5.92 Å². The van der Waals surface area contributed by atoms with Crippen LogP contribution in [-0.4, -0.2) is 36.0 Å². The largest absolute Gasteiger partial charge is 0.367 e. The fourth-order valence-corrected chi connectivity index (χ4v) is 1.31. The van der Waals surface area contributed by atoms with Crippen LogP contribution in [0, 0.1) is 11.7 Å². The first-order valence-electron chi connectivity index (χ1n) is 6.23. The Labute approximate surface area is 112 Å². The molecule has 0 aromatic carbocycles. The maximum Gasteiger partial charge on any atom is 0.224 e. The lowest BCUT2D eigenvalue weighted by molar-refractivity contribution is -0.120. The average molecular weight is 269 g/mol. The van der Waals surface area contributed by atoms with Gasteiger partial charge in [0, 0.05) is 26.6 Å². The van der Waals surface area contributed by atoms with Crippen LogP contribution in [0.3, 0.4) is 0 Å². The number of rotatable bonds is 7. The third-order valence-electron chi connectivity index (χ3n) is 2.32. The van der Waals surface area contributed by atoms with Crippen LogP contribution in [0.15, 0.2) is 6.20 Å². The summed E-state index contributed by atoms with van der Waals surface area (Å²) in [5, 5.41) is 8.29. The fraction of sp³-hybridized carbons (Fsp3) is 0.583. The number of aromatic nitrogens is 2. The average Bonchev–Trinajstić information content (AvgIpc) is 2.38. The number of hydrogen-bond acceptors (Lipinski definition) is 5. The van der Waals surface area contributed by atoms with Crippen molar-refractivity contribution in [3.05, 3.63) is 12.0 Å². The van der Waals surface area contributed by atoms with Crippen molar-refractivity contribution in [3.63, 3.8) is 0 Å². The summed E-state index contributed by atoms with van der Waals surface area (Å²) in [6.07, 6.45) is 1.35. The Hall–Kier alpha value is -1.92. The van der Waals surface area contributed by atoms with Crippen LogP contribution in [0.5, 0.6) is 0 Å². The van der Waals surface area contributed by atoms with E-state index < -0.39 is 5.82 Å². The molecule has 1 aromatic rings. The molecule has 1 aromatic heterocycles. The molecule has 0 fully saturated rings. The first kappa shape index (κ1) is 15.1. The number of nitrogens with one attached hydrogen (secondary N) is 3. The summed E-state index contributed by atoms with van der Waals surface area (Å²) in [6.45, 7) is 5.01. The Morgan fingerprint density at radius 3 is 2.84 bits per heavy atom. The highest BCUT2D eigenvalue weighted by Gasteiger charge is 2.07. The molecular weight excluding hydrogens is 249 g/mol. The van der Waals surface area contributed by atoms with Crippen molar-refractivity contribution in [2.45, 2.75) is 20.3 Å². The smallest absolute Gasteiger partial charge is 0.224 e. The minimum Gasteiger partial charge on any atom is -0.367 e. The molecule has 7 heteroatoms. The van der Waals surface area contributed by atoms with Gasteiger partial charge in [-0.3, -0.25) is 4.79 Å². The van der Waals surface area contributed by atoms with Gasteiger partial charge in [0.15, 0.2) is 11.6 Å². The molecule has 0 aliphatic carbocycles. The molecule has 0 radical (unpaired) electrons. The second-order valence-corrected chi connectivity index (χ2v) is 4.51. The SMILES string of the molecule is CNc1ncc(F)c(NCCC(=O)NCC(C)C)n1. The minimum absolute atomic E-state index is 0.0653. The van der Waals surface area contributed by atoms with Gasteiger partial charge < -0.3 is 16.0 Å². The van der Waals surface area contributed by atoms with E-state index in [1.54, 1.807) is 7.05 Å². The van der Waals surface area contributed by atoms with Crippen LogP contribution in [0.25, 0.3) is 0 Å². The fourth-order valence-electron chi connectivity index (χ4n) is 1.31. The zero-order valence-electron chi connectivity index (χ0n) is 11.5. The highest BCUT2D eigenvalue weighted by atomic mass is 19.1. The number of amides is 1. The van der Waals surface area contributed by atoms with Crippen LogP contribution in [0.1, 0.15) is 20.3 Å². The summed E-state index contributed by atoms with van der Waals surface area (Å²) >= 11 is 0. The number of hydrogen-bond donors (Lipinski definition) is 3. The van der Waals surface area contributed by atoms with E-state index in [1.165, 1.54) is 0 Å². The topological polar surface area (TPSA) is 78.9 Å². The molecule has 0 aliphatic rings. The predicted molar refractivity (Wildman–Crippen MR) is 72.5 cm³/mol. The summed E-state index contributed by atoms with van der Waals surface area (Å²) in [4.78, 5) is 19.1. The molecule has 0 atom stereocenters. The monoisotopic (exact) mass is 269 g/mol. The Morgan fingerprint density at radius 1 is 1.47 bits per heavy atom. The van der Waals surface area contributed by atoms with Crippen LogP contribution in [0.2, 0.25) is 0 Å². The van der Waals surface area contributed by atoms with Crippen LogP contribution < -0.4 is 16.0 Å². The molecule has 19 heavy (non-hydrogen) atoms. The molecule has 106 valence electrons. The molecule has 1 heterocycles. The second kappa shape index (κ2) is 7.50. The summed E-state index contributed by atoms with van der Waals surface area (Å²) in [7, 11) is 1.65. The molecule has 3 N–H and O–H groups in total. The number of carbonyl (C=O) groups excluding carboxylic acids is 1. The second-order valence-electron chi connectivity index (χ2n) is 4.51. The van der Waals surface area contributed by atoms with Gasteiger partial charge in [-0.15, -0.1) is 0 Å². The van der Waals surface area contributed by atoms with Crippen LogP contribution >= 0.6 is 0 Å². The Kier molecular flexibility index (Phi) is 5.98. The van der Waals surface area contributed by atoms with E-state index in [9.17, 15) is 9.18 Å². The molecule has 6 nitrogen and oxygen atoms in total. The minimum atomic E-state index is -0.540. The van der Waals surface area contributed by atoms with E-state index in [4.69, 9.17) is 0 Å². The van der Waals surface area contributed by atoms with Gasteiger partial charge in [0.1, 0.15) is 0 Å². The van der Waals surface area contributed by atoms with E-state index in [1.807, 2.05) is 13.8 Å². The highest BCUT2D eigenvalue weighted by Crippen LogP contribution is 2.11. The number of nitrogens with zero attached hydrogens (tertiary/aromatic N) is 2. The Morgan fingerprint density at radius 2 is 2.21 bits per heavy atom. The molecular formula is C12H20FN5O. The van der Waals surface area contributed by atoms with Crippen molar-refractivity contribution in [1.29, 1.82) is 0 Å². The van der Waals surface area contributed by atoms with Gasteiger partial charge in [-0.2, -0.15) is 4.98 Å². The van der Waals surface area contributed by atoms with Crippen molar-refractivity contribution in [1.82, 2.24) is 15.3 Å². The van der Waals surface area contributed by atoms with Crippen molar-refractivity contribution < 1.29 is 9.18 Å². The standard InChI is InChI=1S/C12H20FN5O/c1-8(2)6-16-10(19)4-5-15-11-9(13)7-17-12(14-3)18-11/h7-8H,4-6H2,1-3H3,(H,16,19)(H2,14,15,17,18). The van der Waals surface area contributed by atoms with Crippen molar-refractivity contribution in [3.8, 4) is 0 Å². The first-order valence-corrected chi connectivity index (χ1v) is 6.23. The Balaban J connectivity index is 2.38. The summed E-state index contributed by atoms with van der Waals surface area (Å²) in [5.41, 5.74) is 0. The van der Waals surface area contributed by atoms with Gasteiger partial charge in [-0.25, -0.2) is 9.37 Å². The zero-order chi connectivity index (χ0) is 14.3. The highest BCUT2D eigenvalue weighted by molar-refractivity contribution is 5.76. The molecule has 1 rings (SSSR count). The molecule has 1 amide bonds. The van der Waals surface area contributed by atoms with E-state index in [2.05, 4.69) is 25.9 Å². The molecule has 0 spiro atoms. The third kappa shape index (κ3) is 5.50. The normalized spacial score (nSPS) is 10.4. The maximum atomic E-state index is 13.4. The maximum absolute atomic E-state index is 13.4. The summed E-state index contributed by atoms with van der Waals surface area (Å²) in [5.74, 6) is 0.227. The summed E-state index contributed by atoms with van der Waals surface area (Å²) < 4.78 is 13.4. The quantitative estimate of drug-likeness (QED) is 0.694. The molecule has 0 aliphatic heterocycles. The van der Waals surface area contributed by atoms with Gasteiger partial charge in [-0.05, 0) is 5.92 Å². The summed E-state index contributed by atoms with van der Waals surface area (Å²) in [6, 6.07) is 0. The molecule has 0 saturated heterocycles. The Bertz CT molecular complexity index is 425. The van der Waals surface area contributed by atoms with Gasteiger partial charge in [0.2, 0.25) is 11.9 Å². The van der Waals surface area contributed by atoms with Crippen LogP contribution in [-0.2, 0) is 4.79 Å². The molecule has 0 bridgehead atoms. The van der Waals surface area contributed by atoms with Crippen molar-refractivity contribution >= 4 is 17.7 Å². The van der Waals surface area contributed by atoms with Gasteiger partial charge in [-0.1, -0.05) is 13.8 Å². The van der Waals surface area contributed by atoms with Crippen LogP contribution in [0.4, 0.5) is 16.2 Å².